The molecule has 0 bridgehead atoms. The quantitative estimate of drug-likeness (QED) is 0.382. The Bertz CT molecular complexity index is 56.5. The molecule has 0 heterocycles. The summed E-state index contributed by atoms with van der Waals surface area (Å²) in [5.74, 6) is 0. The van der Waals surface area contributed by atoms with E-state index in [-0.39, 0.29) is 25.5 Å². The van der Waals surface area contributed by atoms with Gasteiger partial charge in [-0.1, -0.05) is 0 Å². The highest BCUT2D eigenvalue weighted by atomic mass is 35.5. The van der Waals surface area contributed by atoms with Crippen LogP contribution in [0.25, 0.3) is 0 Å². The first-order valence-corrected chi connectivity index (χ1v) is 2.48. The van der Waals surface area contributed by atoms with Crippen molar-refractivity contribution in [2.24, 2.45) is 11.5 Å². The Balaban J connectivity index is 0. The van der Waals surface area contributed by atoms with E-state index in [0.717, 1.165) is 0 Å². The molecule has 0 fully saturated rings. The number of hydrogen-bond donors (Lipinski definition) is 4. The zero-order valence-corrected chi connectivity index (χ0v) is 5.84. The maximum absolute atomic E-state index is 8.67. The fraction of sp³-hybridized carbons (Fsp3) is 1.00. The van der Waals surface area contributed by atoms with Crippen LogP contribution in [0.4, 0.5) is 0 Å². The normalized spacial score (nSPS) is 16.0. The van der Waals surface area contributed by atoms with Crippen molar-refractivity contribution in [3.63, 3.8) is 0 Å². The molecule has 0 saturated carbocycles. The second kappa shape index (κ2) is 6.25. The van der Waals surface area contributed by atoms with E-state index in [0.29, 0.717) is 0 Å². The van der Waals surface area contributed by atoms with Gasteiger partial charge in [0, 0.05) is 13.1 Å². The van der Waals surface area contributed by atoms with Gasteiger partial charge in [0.05, 0.1) is 12.2 Å². The van der Waals surface area contributed by atoms with Crippen LogP contribution in [-0.2, 0) is 0 Å². The van der Waals surface area contributed by atoms with Gasteiger partial charge in [0.15, 0.2) is 0 Å². The molecule has 0 unspecified atom stereocenters. The number of hydrogen-bond acceptors (Lipinski definition) is 4. The van der Waals surface area contributed by atoms with Gasteiger partial charge >= 0.3 is 0 Å². The lowest BCUT2D eigenvalue weighted by molar-refractivity contribution is 0.0312. The summed E-state index contributed by atoms with van der Waals surface area (Å²) >= 11 is 0. The van der Waals surface area contributed by atoms with Gasteiger partial charge in [0.1, 0.15) is 0 Å². The lowest BCUT2D eigenvalue weighted by Crippen LogP contribution is -2.38. The minimum Gasteiger partial charge on any atom is -0.389 e. The third-order valence-corrected chi connectivity index (χ3v) is 0.927. The Labute approximate surface area is 60.3 Å². The molecule has 58 valence electrons. The van der Waals surface area contributed by atoms with Gasteiger partial charge in [-0.25, -0.2) is 0 Å². The van der Waals surface area contributed by atoms with Crippen LogP contribution in [0.1, 0.15) is 0 Å². The number of rotatable bonds is 3. The second-order valence-electron chi connectivity index (χ2n) is 1.61. The lowest BCUT2D eigenvalue weighted by atomic mass is 10.2. The number of aliphatic hydroxyl groups excluding tert-OH is 2. The van der Waals surface area contributed by atoms with Gasteiger partial charge in [-0.2, -0.15) is 0 Å². The molecule has 0 spiro atoms. The van der Waals surface area contributed by atoms with Crippen LogP contribution in [0.15, 0.2) is 0 Å². The van der Waals surface area contributed by atoms with Crippen LogP contribution in [0.2, 0.25) is 0 Å². The first-order chi connectivity index (χ1) is 3.72. The molecule has 0 amide bonds. The Morgan fingerprint density at radius 1 is 1.00 bits per heavy atom. The number of aliphatic hydroxyl groups is 2. The van der Waals surface area contributed by atoms with Gasteiger partial charge < -0.3 is 21.7 Å². The van der Waals surface area contributed by atoms with E-state index in [1.165, 1.54) is 0 Å². The minimum atomic E-state index is -0.875. The van der Waals surface area contributed by atoms with Crippen LogP contribution in [0.5, 0.6) is 0 Å². The van der Waals surface area contributed by atoms with Crippen molar-refractivity contribution in [2.75, 3.05) is 13.1 Å². The highest BCUT2D eigenvalue weighted by molar-refractivity contribution is 5.85. The second-order valence-corrected chi connectivity index (χ2v) is 1.61. The van der Waals surface area contributed by atoms with E-state index in [1.807, 2.05) is 0 Å². The van der Waals surface area contributed by atoms with Crippen molar-refractivity contribution in [1.82, 2.24) is 0 Å². The molecule has 0 aliphatic rings. The van der Waals surface area contributed by atoms with Crippen LogP contribution in [0, 0.1) is 0 Å². The average Bonchev–Trinajstić information content (AvgIpc) is 1.84. The fourth-order valence-electron chi connectivity index (χ4n) is 0.314. The van der Waals surface area contributed by atoms with Crippen LogP contribution < -0.4 is 11.5 Å². The third-order valence-electron chi connectivity index (χ3n) is 0.927. The molecule has 0 rings (SSSR count). The molecule has 0 radical (unpaired) electrons. The Morgan fingerprint density at radius 2 is 1.22 bits per heavy atom. The van der Waals surface area contributed by atoms with Crippen molar-refractivity contribution < 1.29 is 10.2 Å². The predicted molar refractivity (Wildman–Crippen MR) is 37.4 cm³/mol. The van der Waals surface area contributed by atoms with E-state index in [9.17, 15) is 0 Å². The average molecular weight is 157 g/mol. The summed E-state index contributed by atoms with van der Waals surface area (Å²) in [6, 6.07) is 0. The maximum Gasteiger partial charge on any atom is 0.0933 e. The first kappa shape index (κ1) is 11.9. The zero-order valence-electron chi connectivity index (χ0n) is 5.03. The monoisotopic (exact) mass is 156 g/mol. The number of nitrogens with two attached hydrogens (primary N) is 2. The summed E-state index contributed by atoms with van der Waals surface area (Å²) in [4.78, 5) is 0. The Morgan fingerprint density at radius 3 is 1.33 bits per heavy atom. The summed E-state index contributed by atoms with van der Waals surface area (Å²) in [6.45, 7) is 0.108. The molecule has 0 aromatic heterocycles. The zero-order chi connectivity index (χ0) is 6.57. The van der Waals surface area contributed by atoms with Crippen LogP contribution in [-0.4, -0.2) is 35.5 Å². The summed E-state index contributed by atoms with van der Waals surface area (Å²) in [5.41, 5.74) is 9.97. The lowest BCUT2D eigenvalue weighted by Gasteiger charge is -2.12. The van der Waals surface area contributed by atoms with Crippen LogP contribution >= 0.6 is 12.4 Å². The SMILES string of the molecule is Cl.NC[C@H](O)[C@@H](O)CN. The molecule has 0 aromatic rings. The largest absolute Gasteiger partial charge is 0.389 e. The van der Waals surface area contributed by atoms with E-state index in [4.69, 9.17) is 21.7 Å². The molecular weight excluding hydrogens is 144 g/mol. The van der Waals surface area contributed by atoms with E-state index in [2.05, 4.69) is 0 Å². The third kappa shape index (κ3) is 4.62. The smallest absolute Gasteiger partial charge is 0.0933 e. The Kier molecular flexibility index (Phi) is 8.25. The van der Waals surface area contributed by atoms with Crippen molar-refractivity contribution in [1.29, 1.82) is 0 Å². The molecular formula is C4H13ClN2O2. The van der Waals surface area contributed by atoms with Crippen LogP contribution in [0.3, 0.4) is 0 Å². The van der Waals surface area contributed by atoms with E-state index >= 15 is 0 Å². The van der Waals surface area contributed by atoms with Gasteiger partial charge in [-0.15, -0.1) is 12.4 Å². The van der Waals surface area contributed by atoms with Crippen molar-refractivity contribution in [3.8, 4) is 0 Å². The summed E-state index contributed by atoms with van der Waals surface area (Å²) < 4.78 is 0. The first-order valence-electron chi connectivity index (χ1n) is 2.48. The molecule has 2 atom stereocenters. The van der Waals surface area contributed by atoms with Gasteiger partial charge in [-0.3, -0.25) is 0 Å². The van der Waals surface area contributed by atoms with Crippen molar-refractivity contribution >= 4 is 12.4 Å². The molecule has 6 N–H and O–H groups in total. The van der Waals surface area contributed by atoms with E-state index < -0.39 is 12.2 Å². The molecule has 9 heavy (non-hydrogen) atoms. The van der Waals surface area contributed by atoms with Gasteiger partial charge in [0.25, 0.3) is 0 Å². The molecule has 4 nitrogen and oxygen atoms in total. The molecule has 0 saturated heterocycles. The highest BCUT2D eigenvalue weighted by Crippen LogP contribution is 1.85. The Hall–Kier alpha value is 0.130. The maximum atomic E-state index is 8.67. The van der Waals surface area contributed by atoms with Gasteiger partial charge in [-0.05, 0) is 0 Å². The summed E-state index contributed by atoms with van der Waals surface area (Å²) in [7, 11) is 0. The van der Waals surface area contributed by atoms with Gasteiger partial charge in [0.2, 0.25) is 0 Å². The van der Waals surface area contributed by atoms with Crippen molar-refractivity contribution in [2.45, 2.75) is 12.2 Å². The topological polar surface area (TPSA) is 92.5 Å². The summed E-state index contributed by atoms with van der Waals surface area (Å²) in [6.07, 6.45) is -1.75. The molecule has 0 aliphatic carbocycles. The van der Waals surface area contributed by atoms with E-state index in [1.54, 1.807) is 0 Å². The minimum absolute atomic E-state index is 0. The standard InChI is InChI=1S/C4H12N2O2.ClH/c5-1-3(7)4(8)2-6;/h3-4,7-8H,1-2,5-6H2;1H/t3-,4-;/m0./s1. The molecule has 0 aliphatic heterocycles. The van der Waals surface area contributed by atoms with Crippen molar-refractivity contribution in [3.05, 3.63) is 0 Å². The highest BCUT2D eigenvalue weighted by Gasteiger charge is 2.10. The fourth-order valence-corrected chi connectivity index (χ4v) is 0.314. The predicted octanol–water partition coefficient (Wildman–Crippen LogP) is -1.95. The molecule has 5 heteroatoms. The molecule has 0 aromatic carbocycles. The summed E-state index contributed by atoms with van der Waals surface area (Å²) in [5, 5.41) is 17.3. The number of halogens is 1.